The minimum absolute atomic E-state index is 0.116. The third-order valence-corrected chi connectivity index (χ3v) is 3.13. The lowest BCUT2D eigenvalue weighted by Crippen LogP contribution is -2.16. The molecule has 1 amide bonds. The van der Waals surface area contributed by atoms with E-state index in [1.54, 1.807) is 6.21 Å². The zero-order chi connectivity index (χ0) is 15.8. The van der Waals surface area contributed by atoms with Gasteiger partial charge in [0.15, 0.2) is 6.61 Å². The Morgan fingerprint density at radius 1 is 1.14 bits per heavy atom. The van der Waals surface area contributed by atoms with Crippen LogP contribution in [0.5, 0.6) is 0 Å². The van der Waals surface area contributed by atoms with Crippen molar-refractivity contribution in [2.45, 2.75) is 19.8 Å². The molecule has 0 aromatic heterocycles. The third-order valence-electron chi connectivity index (χ3n) is 3.13. The molecule has 114 valence electrons. The Labute approximate surface area is 130 Å². The minimum atomic E-state index is -0.234. The third kappa shape index (κ3) is 5.05. The molecule has 0 spiro atoms. The number of hydrogen-bond acceptors (Lipinski definition) is 3. The summed E-state index contributed by atoms with van der Waals surface area (Å²) in [5, 5.41) is 6.54. The summed E-state index contributed by atoms with van der Waals surface area (Å²) in [7, 11) is 0. The van der Waals surface area contributed by atoms with Crippen LogP contribution in [-0.2, 0) is 9.63 Å². The summed E-state index contributed by atoms with van der Waals surface area (Å²) < 4.78 is 0. The number of carbonyl (C=O) groups is 1. The van der Waals surface area contributed by atoms with Crippen LogP contribution in [-0.4, -0.2) is 18.7 Å². The van der Waals surface area contributed by atoms with Crippen molar-refractivity contribution < 1.29 is 9.63 Å². The van der Waals surface area contributed by atoms with Gasteiger partial charge in [0.1, 0.15) is 0 Å². The van der Waals surface area contributed by atoms with Gasteiger partial charge in [-0.1, -0.05) is 61.5 Å². The molecule has 2 rings (SSSR count). The molecule has 2 aromatic rings. The first kappa shape index (κ1) is 15.8. The Balaban J connectivity index is 1.77. The predicted molar refractivity (Wildman–Crippen MR) is 89.1 cm³/mol. The van der Waals surface area contributed by atoms with Crippen LogP contribution in [0, 0.1) is 0 Å². The maximum Gasteiger partial charge on any atom is 0.265 e. The fourth-order valence-corrected chi connectivity index (χ4v) is 1.88. The zero-order valence-corrected chi connectivity index (χ0v) is 12.8. The lowest BCUT2D eigenvalue weighted by Gasteiger charge is -2.08. The summed E-state index contributed by atoms with van der Waals surface area (Å²) >= 11 is 0. The lowest BCUT2D eigenvalue weighted by atomic mass is 10.0. The van der Waals surface area contributed by atoms with Gasteiger partial charge in [-0.3, -0.25) is 4.79 Å². The van der Waals surface area contributed by atoms with Crippen LogP contribution in [0.4, 0.5) is 5.69 Å². The van der Waals surface area contributed by atoms with E-state index in [0.717, 1.165) is 11.3 Å². The van der Waals surface area contributed by atoms with Crippen molar-refractivity contribution in [3.8, 4) is 0 Å². The maximum atomic E-state index is 11.7. The number of hydrogen-bond donors (Lipinski definition) is 1. The number of nitrogens with zero attached hydrogens (tertiary/aromatic N) is 1. The van der Waals surface area contributed by atoms with E-state index in [9.17, 15) is 4.79 Å². The average molecular weight is 296 g/mol. The molecule has 0 aliphatic heterocycles. The molecule has 2 aromatic carbocycles. The van der Waals surface area contributed by atoms with E-state index in [1.807, 2.05) is 54.6 Å². The van der Waals surface area contributed by atoms with Crippen molar-refractivity contribution in [1.29, 1.82) is 0 Å². The van der Waals surface area contributed by atoms with Crippen LogP contribution >= 0.6 is 0 Å². The highest BCUT2D eigenvalue weighted by atomic mass is 16.6. The molecular formula is C18H20N2O2. The van der Waals surface area contributed by atoms with Crippen molar-refractivity contribution in [3.63, 3.8) is 0 Å². The second kappa shape index (κ2) is 7.98. The number of amides is 1. The molecule has 0 unspecified atom stereocenters. The molecule has 0 saturated carbocycles. The molecule has 0 bridgehead atoms. The molecule has 0 aliphatic rings. The normalized spacial score (nSPS) is 10.9. The summed E-state index contributed by atoms with van der Waals surface area (Å²) in [6.45, 7) is 4.15. The first-order chi connectivity index (χ1) is 10.6. The quantitative estimate of drug-likeness (QED) is 0.651. The Kier molecular flexibility index (Phi) is 5.72. The molecule has 4 heteroatoms. The summed E-state index contributed by atoms with van der Waals surface area (Å²) in [5.74, 6) is 0.239. The molecule has 0 radical (unpaired) electrons. The monoisotopic (exact) mass is 296 g/mol. The Morgan fingerprint density at radius 2 is 1.82 bits per heavy atom. The van der Waals surface area contributed by atoms with E-state index in [2.05, 4.69) is 24.3 Å². The maximum absolute atomic E-state index is 11.7. The minimum Gasteiger partial charge on any atom is -0.386 e. The van der Waals surface area contributed by atoms with E-state index in [1.165, 1.54) is 5.56 Å². The van der Waals surface area contributed by atoms with E-state index < -0.39 is 0 Å². The number of nitrogens with one attached hydrogen (secondary N) is 1. The van der Waals surface area contributed by atoms with Gasteiger partial charge in [0.25, 0.3) is 5.91 Å². The van der Waals surface area contributed by atoms with Crippen molar-refractivity contribution >= 4 is 17.8 Å². The van der Waals surface area contributed by atoms with Gasteiger partial charge in [0.2, 0.25) is 0 Å². The highest BCUT2D eigenvalue weighted by Gasteiger charge is 2.03. The zero-order valence-electron chi connectivity index (χ0n) is 12.8. The van der Waals surface area contributed by atoms with Crippen LogP contribution in [0.15, 0.2) is 59.8 Å². The smallest absolute Gasteiger partial charge is 0.265 e. The van der Waals surface area contributed by atoms with Crippen LogP contribution in [0.2, 0.25) is 0 Å². The van der Waals surface area contributed by atoms with Crippen LogP contribution < -0.4 is 5.32 Å². The number of rotatable bonds is 6. The van der Waals surface area contributed by atoms with Gasteiger partial charge in [-0.25, -0.2) is 0 Å². The second-order valence-corrected chi connectivity index (χ2v) is 5.24. The molecule has 4 nitrogen and oxygen atoms in total. The van der Waals surface area contributed by atoms with E-state index in [4.69, 9.17) is 4.84 Å². The van der Waals surface area contributed by atoms with E-state index in [-0.39, 0.29) is 12.5 Å². The van der Waals surface area contributed by atoms with Gasteiger partial charge in [-0.05, 0) is 29.2 Å². The van der Waals surface area contributed by atoms with E-state index >= 15 is 0 Å². The molecular weight excluding hydrogens is 276 g/mol. The van der Waals surface area contributed by atoms with Crippen molar-refractivity contribution in [1.82, 2.24) is 0 Å². The summed E-state index contributed by atoms with van der Waals surface area (Å²) in [4.78, 5) is 16.7. The molecule has 1 N–H and O–H groups in total. The first-order valence-electron chi connectivity index (χ1n) is 7.25. The van der Waals surface area contributed by atoms with Gasteiger partial charge in [-0.15, -0.1) is 0 Å². The largest absolute Gasteiger partial charge is 0.386 e. The second-order valence-electron chi connectivity index (χ2n) is 5.24. The Morgan fingerprint density at radius 3 is 2.45 bits per heavy atom. The predicted octanol–water partition coefficient (Wildman–Crippen LogP) is 3.80. The topological polar surface area (TPSA) is 50.7 Å². The van der Waals surface area contributed by atoms with Gasteiger partial charge < -0.3 is 10.2 Å². The fraction of sp³-hybridized carbons (Fsp3) is 0.222. The summed E-state index contributed by atoms with van der Waals surface area (Å²) in [5.41, 5.74) is 2.92. The van der Waals surface area contributed by atoms with Gasteiger partial charge in [0, 0.05) is 5.69 Å². The SMILES string of the molecule is CC(C)c1ccc(NC(=O)CO/N=C\c2ccccc2)cc1. The fourth-order valence-electron chi connectivity index (χ4n) is 1.88. The number of benzene rings is 2. The summed E-state index contributed by atoms with van der Waals surface area (Å²) in [6, 6.07) is 17.4. The van der Waals surface area contributed by atoms with Crippen molar-refractivity contribution in [2.24, 2.45) is 5.16 Å². The van der Waals surface area contributed by atoms with Gasteiger partial charge in [-0.2, -0.15) is 0 Å². The molecule has 0 aliphatic carbocycles. The van der Waals surface area contributed by atoms with Gasteiger partial charge >= 0.3 is 0 Å². The highest BCUT2D eigenvalue weighted by molar-refractivity contribution is 5.91. The van der Waals surface area contributed by atoms with E-state index in [0.29, 0.717) is 5.92 Å². The Hall–Kier alpha value is -2.62. The van der Waals surface area contributed by atoms with Crippen LogP contribution in [0.3, 0.4) is 0 Å². The molecule has 0 heterocycles. The first-order valence-corrected chi connectivity index (χ1v) is 7.25. The molecule has 0 saturated heterocycles. The molecule has 0 atom stereocenters. The standard InChI is InChI=1S/C18H20N2O2/c1-14(2)16-8-10-17(11-9-16)20-18(21)13-22-19-12-15-6-4-3-5-7-15/h3-12,14H,13H2,1-2H3,(H,20,21)/b19-12-. The number of oxime groups is 1. The van der Waals surface area contributed by atoms with Crippen LogP contribution in [0.1, 0.15) is 30.9 Å². The number of carbonyl (C=O) groups excluding carboxylic acids is 1. The summed E-state index contributed by atoms with van der Waals surface area (Å²) in [6.07, 6.45) is 1.57. The Bertz CT molecular complexity index is 619. The number of anilines is 1. The lowest BCUT2D eigenvalue weighted by molar-refractivity contribution is -0.120. The van der Waals surface area contributed by atoms with Gasteiger partial charge in [0.05, 0.1) is 6.21 Å². The van der Waals surface area contributed by atoms with Crippen LogP contribution in [0.25, 0.3) is 0 Å². The van der Waals surface area contributed by atoms with Crippen molar-refractivity contribution in [3.05, 3.63) is 65.7 Å². The molecule has 22 heavy (non-hydrogen) atoms. The van der Waals surface area contributed by atoms with Crippen molar-refractivity contribution in [2.75, 3.05) is 11.9 Å². The highest BCUT2D eigenvalue weighted by Crippen LogP contribution is 2.16. The average Bonchev–Trinajstić information content (AvgIpc) is 2.53. The molecule has 0 fully saturated rings.